The van der Waals surface area contributed by atoms with Gasteiger partial charge in [-0.25, -0.2) is 4.79 Å². The topological polar surface area (TPSA) is 94.8 Å². The van der Waals surface area contributed by atoms with Gasteiger partial charge >= 0.3 is 13.6 Å². The van der Waals surface area contributed by atoms with Crippen LogP contribution in [0, 0.1) is 0 Å². The van der Waals surface area contributed by atoms with Gasteiger partial charge in [-0.05, 0) is 16.8 Å². The van der Waals surface area contributed by atoms with Gasteiger partial charge in [0.25, 0.3) is 0 Å². The minimum Gasteiger partial charge on any atom is -0.478 e. The Morgan fingerprint density at radius 1 is 1.06 bits per heavy atom. The monoisotopic (exact) mass is 252 g/mol. The number of fused-ring (bicyclic) bond motifs is 1. The second-order valence-corrected chi connectivity index (χ2v) is 5.07. The third-order valence-electron chi connectivity index (χ3n) is 2.42. The molecule has 0 fully saturated rings. The van der Waals surface area contributed by atoms with E-state index in [-0.39, 0.29) is 10.9 Å². The number of benzene rings is 2. The molecule has 0 heterocycles. The van der Waals surface area contributed by atoms with Gasteiger partial charge < -0.3 is 14.9 Å². The van der Waals surface area contributed by atoms with Crippen LogP contribution in [0.5, 0.6) is 0 Å². The van der Waals surface area contributed by atoms with Gasteiger partial charge in [0.05, 0.1) is 10.9 Å². The Morgan fingerprint density at radius 2 is 1.71 bits per heavy atom. The van der Waals surface area contributed by atoms with Crippen LogP contribution in [0.25, 0.3) is 10.8 Å². The highest BCUT2D eigenvalue weighted by Gasteiger charge is 2.27. The van der Waals surface area contributed by atoms with Crippen LogP contribution >= 0.6 is 7.60 Å². The molecule has 2 rings (SSSR count). The first-order valence-corrected chi connectivity index (χ1v) is 6.33. The highest BCUT2D eigenvalue weighted by atomic mass is 31.2. The van der Waals surface area contributed by atoms with Crippen molar-refractivity contribution in [1.29, 1.82) is 0 Å². The van der Waals surface area contributed by atoms with E-state index in [0.29, 0.717) is 5.39 Å². The van der Waals surface area contributed by atoms with E-state index in [1.165, 1.54) is 18.2 Å². The summed E-state index contributed by atoms with van der Waals surface area (Å²) < 4.78 is 11.4. The lowest BCUT2D eigenvalue weighted by atomic mass is 10.1. The Balaban J connectivity index is 2.95. The van der Waals surface area contributed by atoms with Crippen molar-refractivity contribution in [2.45, 2.75) is 0 Å². The normalized spacial score (nSPS) is 11.6. The Morgan fingerprint density at radius 3 is 2.29 bits per heavy atom. The van der Waals surface area contributed by atoms with Crippen LogP contribution in [0.2, 0.25) is 0 Å². The summed E-state index contributed by atoms with van der Waals surface area (Å²) in [5.74, 6) is -1.35. The van der Waals surface area contributed by atoms with E-state index >= 15 is 0 Å². The molecule has 2 aromatic carbocycles. The van der Waals surface area contributed by atoms with Gasteiger partial charge in [-0.2, -0.15) is 0 Å². The quantitative estimate of drug-likeness (QED) is 0.701. The molecule has 3 N–H and O–H groups in total. The third kappa shape index (κ3) is 2.08. The van der Waals surface area contributed by atoms with Gasteiger partial charge in [0.2, 0.25) is 0 Å². The van der Waals surface area contributed by atoms with Crippen LogP contribution in [0.15, 0.2) is 36.4 Å². The third-order valence-corrected chi connectivity index (χ3v) is 3.49. The zero-order valence-corrected chi connectivity index (χ0v) is 9.46. The molecule has 0 saturated heterocycles. The zero-order chi connectivity index (χ0) is 12.6. The van der Waals surface area contributed by atoms with Crippen molar-refractivity contribution in [2.24, 2.45) is 0 Å². The predicted octanol–water partition coefficient (Wildman–Crippen LogP) is 1.34. The molecule has 5 nitrogen and oxygen atoms in total. The summed E-state index contributed by atoms with van der Waals surface area (Å²) in [5, 5.41) is 9.38. The minimum atomic E-state index is -4.64. The number of hydrogen-bond donors (Lipinski definition) is 3. The molecule has 2 aromatic rings. The van der Waals surface area contributed by atoms with Crippen molar-refractivity contribution in [1.82, 2.24) is 0 Å². The lowest BCUT2D eigenvalue weighted by Crippen LogP contribution is -2.16. The molecule has 0 bridgehead atoms. The first-order chi connectivity index (χ1) is 7.91. The van der Waals surface area contributed by atoms with Gasteiger partial charge in [-0.3, -0.25) is 4.57 Å². The van der Waals surface area contributed by atoms with Crippen molar-refractivity contribution < 1.29 is 24.3 Å². The highest BCUT2D eigenvalue weighted by molar-refractivity contribution is 7.61. The van der Waals surface area contributed by atoms with Crippen molar-refractivity contribution in [3.05, 3.63) is 42.0 Å². The summed E-state index contributed by atoms with van der Waals surface area (Å²) in [5.41, 5.74) is -0.364. The maximum Gasteiger partial charge on any atom is 0.357 e. The molecule has 0 radical (unpaired) electrons. The molecule has 0 aliphatic heterocycles. The number of rotatable bonds is 2. The van der Waals surface area contributed by atoms with Crippen LogP contribution in [-0.4, -0.2) is 20.9 Å². The first-order valence-electron chi connectivity index (χ1n) is 4.72. The van der Waals surface area contributed by atoms with Crippen LogP contribution in [0.4, 0.5) is 0 Å². The molecule has 88 valence electrons. The van der Waals surface area contributed by atoms with Crippen molar-refractivity contribution in [3.63, 3.8) is 0 Å². The Bertz CT molecular complexity index is 643. The average Bonchev–Trinajstić information content (AvgIpc) is 2.26. The average molecular weight is 252 g/mol. The first kappa shape index (κ1) is 11.8. The fourth-order valence-corrected chi connectivity index (χ4v) is 2.74. The maximum atomic E-state index is 11.4. The molecule has 0 aliphatic rings. The SMILES string of the molecule is O=C(O)c1ccc2ccccc2c1P(=O)(O)O. The summed E-state index contributed by atoms with van der Waals surface area (Å²) in [7, 11) is -4.64. The number of hydrogen-bond acceptors (Lipinski definition) is 2. The van der Waals surface area contributed by atoms with Gasteiger partial charge in [0.1, 0.15) is 0 Å². The van der Waals surface area contributed by atoms with Gasteiger partial charge in [0, 0.05) is 0 Å². The fourth-order valence-electron chi connectivity index (χ4n) is 1.74. The summed E-state index contributed by atoms with van der Waals surface area (Å²) in [4.78, 5) is 29.5. The second-order valence-electron chi connectivity index (χ2n) is 3.53. The summed E-state index contributed by atoms with van der Waals surface area (Å²) in [6, 6.07) is 9.21. The van der Waals surface area contributed by atoms with Gasteiger partial charge in [-0.15, -0.1) is 0 Å². The predicted molar refractivity (Wildman–Crippen MR) is 62.6 cm³/mol. The van der Waals surface area contributed by atoms with Crippen LogP contribution in [0.1, 0.15) is 10.4 Å². The number of carboxylic acids is 1. The Kier molecular flexibility index (Phi) is 2.75. The second kappa shape index (κ2) is 3.96. The molecule has 0 spiro atoms. The Labute approximate surface area is 96.5 Å². The lowest BCUT2D eigenvalue weighted by Gasteiger charge is -2.11. The van der Waals surface area contributed by atoms with E-state index in [4.69, 9.17) is 5.11 Å². The molecule has 17 heavy (non-hydrogen) atoms. The van der Waals surface area contributed by atoms with Crippen molar-refractivity contribution in [3.8, 4) is 0 Å². The highest BCUT2D eigenvalue weighted by Crippen LogP contribution is 2.38. The fraction of sp³-hybridized carbons (Fsp3) is 0. The van der Waals surface area contributed by atoms with E-state index in [0.717, 1.165) is 0 Å². The zero-order valence-electron chi connectivity index (χ0n) is 8.57. The van der Waals surface area contributed by atoms with E-state index < -0.39 is 18.9 Å². The lowest BCUT2D eigenvalue weighted by molar-refractivity contribution is 0.0698. The van der Waals surface area contributed by atoms with Crippen LogP contribution in [-0.2, 0) is 4.57 Å². The van der Waals surface area contributed by atoms with Gasteiger partial charge in [0.15, 0.2) is 0 Å². The summed E-state index contributed by atoms with van der Waals surface area (Å²) in [6.07, 6.45) is 0. The summed E-state index contributed by atoms with van der Waals surface area (Å²) in [6.45, 7) is 0. The Hall–Kier alpha value is -1.68. The smallest absolute Gasteiger partial charge is 0.357 e. The molecule has 0 aromatic heterocycles. The number of carboxylic acid groups (broad SMARTS) is 1. The standard InChI is InChI=1S/C11H9O5P/c12-11(13)9-6-5-7-3-1-2-4-8(7)10(9)17(14,15)16/h1-6H,(H,12,13)(H2,14,15,16). The van der Waals surface area contributed by atoms with E-state index in [2.05, 4.69) is 0 Å². The number of aromatic carboxylic acids is 1. The molecule has 0 unspecified atom stereocenters. The molecular formula is C11H9O5P. The number of carbonyl (C=O) groups is 1. The van der Waals surface area contributed by atoms with Crippen LogP contribution < -0.4 is 5.30 Å². The van der Waals surface area contributed by atoms with E-state index in [9.17, 15) is 19.1 Å². The molecule has 0 saturated carbocycles. The van der Waals surface area contributed by atoms with E-state index in [1.54, 1.807) is 18.2 Å². The molecule has 0 amide bonds. The van der Waals surface area contributed by atoms with Gasteiger partial charge in [-0.1, -0.05) is 30.3 Å². The summed E-state index contributed by atoms with van der Waals surface area (Å²) >= 11 is 0. The molecular weight excluding hydrogens is 243 g/mol. The molecule has 6 heteroatoms. The maximum absolute atomic E-state index is 11.4. The van der Waals surface area contributed by atoms with E-state index in [1.807, 2.05) is 0 Å². The molecule has 0 aliphatic carbocycles. The largest absolute Gasteiger partial charge is 0.478 e. The molecule has 0 atom stereocenters. The van der Waals surface area contributed by atoms with Crippen molar-refractivity contribution in [2.75, 3.05) is 0 Å². The minimum absolute atomic E-state index is 0.265. The van der Waals surface area contributed by atoms with Crippen LogP contribution in [0.3, 0.4) is 0 Å². The van der Waals surface area contributed by atoms with Crippen molar-refractivity contribution >= 4 is 29.6 Å².